The van der Waals surface area contributed by atoms with E-state index in [9.17, 15) is 13.2 Å². The van der Waals surface area contributed by atoms with Crippen molar-refractivity contribution in [2.24, 2.45) is 0 Å². The van der Waals surface area contributed by atoms with Crippen molar-refractivity contribution in [1.82, 2.24) is 14.4 Å². The number of benzene rings is 2. The molecule has 0 unspecified atom stereocenters. The molecule has 0 atom stereocenters. The Bertz CT molecular complexity index is 1300. The largest absolute Gasteiger partial charge is 0.454 e. The van der Waals surface area contributed by atoms with Crippen LogP contribution in [0.2, 0.25) is 0 Å². The average molecular weight is 471 g/mol. The smallest absolute Gasteiger partial charge is 0.258 e. The lowest BCUT2D eigenvalue weighted by Gasteiger charge is -2.28. The fourth-order valence-electron chi connectivity index (χ4n) is 3.93. The van der Waals surface area contributed by atoms with E-state index >= 15 is 0 Å². The standard InChI is InChI=1S/C22H22N4O6S/c1-33(28,29)26-9-7-14(8-10-26)20-24-22(32-25-20)16-3-2-4-17(11-16)23-21(27)15-5-6-18-19(12-15)31-13-30-18/h2-6,11-12,14H,7-10,13H2,1H3,(H,23,27). The highest BCUT2D eigenvalue weighted by Crippen LogP contribution is 2.33. The van der Waals surface area contributed by atoms with Crippen LogP contribution in [0.5, 0.6) is 11.5 Å². The van der Waals surface area contributed by atoms with Gasteiger partial charge in [0.1, 0.15) is 0 Å². The highest BCUT2D eigenvalue weighted by Gasteiger charge is 2.28. The van der Waals surface area contributed by atoms with Gasteiger partial charge in [-0.15, -0.1) is 0 Å². The fourth-order valence-corrected chi connectivity index (χ4v) is 4.81. The van der Waals surface area contributed by atoms with E-state index in [1.54, 1.807) is 36.4 Å². The van der Waals surface area contributed by atoms with Crippen molar-refractivity contribution >= 4 is 21.6 Å². The molecule has 0 radical (unpaired) electrons. The lowest BCUT2D eigenvalue weighted by Crippen LogP contribution is -2.37. The topological polar surface area (TPSA) is 124 Å². The number of hydrogen-bond donors (Lipinski definition) is 1. The normalized spacial score (nSPS) is 16.6. The zero-order valence-corrected chi connectivity index (χ0v) is 18.7. The van der Waals surface area contributed by atoms with Gasteiger partial charge in [0.05, 0.1) is 6.26 Å². The van der Waals surface area contributed by atoms with Gasteiger partial charge >= 0.3 is 0 Å². The van der Waals surface area contributed by atoms with E-state index in [2.05, 4.69) is 15.5 Å². The summed E-state index contributed by atoms with van der Waals surface area (Å²) in [5.74, 6) is 1.81. The number of carbonyl (C=O) groups excluding carboxylic acids is 1. The lowest BCUT2D eigenvalue weighted by molar-refractivity contribution is 0.102. The molecule has 33 heavy (non-hydrogen) atoms. The van der Waals surface area contributed by atoms with E-state index in [4.69, 9.17) is 14.0 Å². The molecule has 0 spiro atoms. The summed E-state index contributed by atoms with van der Waals surface area (Å²) in [6, 6.07) is 12.2. The summed E-state index contributed by atoms with van der Waals surface area (Å²) >= 11 is 0. The predicted molar refractivity (Wildman–Crippen MR) is 119 cm³/mol. The van der Waals surface area contributed by atoms with Crippen LogP contribution >= 0.6 is 0 Å². The molecular weight excluding hydrogens is 448 g/mol. The molecule has 0 aliphatic carbocycles. The van der Waals surface area contributed by atoms with Crippen LogP contribution in [0.4, 0.5) is 5.69 Å². The monoisotopic (exact) mass is 470 g/mol. The molecule has 1 aromatic heterocycles. The fraction of sp³-hybridized carbons (Fsp3) is 0.318. The van der Waals surface area contributed by atoms with E-state index < -0.39 is 10.0 Å². The van der Waals surface area contributed by atoms with Crippen LogP contribution in [0, 0.1) is 0 Å². The summed E-state index contributed by atoms with van der Waals surface area (Å²) in [6.07, 6.45) is 2.49. The molecule has 2 aromatic carbocycles. The maximum atomic E-state index is 12.7. The summed E-state index contributed by atoms with van der Waals surface area (Å²) in [5.41, 5.74) is 1.70. The van der Waals surface area contributed by atoms with Crippen LogP contribution < -0.4 is 14.8 Å². The van der Waals surface area contributed by atoms with Crippen LogP contribution in [-0.4, -0.2) is 54.9 Å². The molecule has 3 aromatic rings. The molecule has 2 aliphatic rings. The zero-order chi connectivity index (χ0) is 23.0. The molecule has 172 valence electrons. The number of nitrogens with one attached hydrogen (secondary N) is 1. The minimum absolute atomic E-state index is 0.0365. The number of aromatic nitrogens is 2. The number of nitrogens with zero attached hydrogens (tertiary/aromatic N) is 3. The highest BCUT2D eigenvalue weighted by atomic mass is 32.2. The van der Waals surface area contributed by atoms with Crippen LogP contribution in [0.3, 0.4) is 0 Å². The van der Waals surface area contributed by atoms with E-state index in [1.807, 2.05) is 6.07 Å². The van der Waals surface area contributed by atoms with Crippen LogP contribution in [0.1, 0.15) is 34.9 Å². The van der Waals surface area contributed by atoms with Crippen LogP contribution in [0.15, 0.2) is 47.0 Å². The number of sulfonamides is 1. The van der Waals surface area contributed by atoms with Gasteiger partial charge in [-0.05, 0) is 49.2 Å². The molecule has 1 N–H and O–H groups in total. The maximum Gasteiger partial charge on any atom is 0.258 e. The van der Waals surface area contributed by atoms with Gasteiger partial charge in [0.2, 0.25) is 16.8 Å². The minimum atomic E-state index is -3.19. The number of rotatable bonds is 5. The third kappa shape index (κ3) is 4.55. The van der Waals surface area contributed by atoms with Crippen molar-refractivity contribution in [1.29, 1.82) is 0 Å². The highest BCUT2D eigenvalue weighted by molar-refractivity contribution is 7.88. The SMILES string of the molecule is CS(=O)(=O)N1CCC(c2noc(-c3cccc(NC(=O)c4ccc5c(c4)OCO5)c3)n2)CC1. The van der Waals surface area contributed by atoms with Crippen molar-refractivity contribution in [3.8, 4) is 23.0 Å². The second-order valence-corrected chi connectivity index (χ2v) is 9.98. The third-order valence-electron chi connectivity index (χ3n) is 5.73. The molecule has 10 nitrogen and oxygen atoms in total. The van der Waals surface area contributed by atoms with E-state index in [-0.39, 0.29) is 18.6 Å². The number of fused-ring (bicyclic) bond motifs is 1. The van der Waals surface area contributed by atoms with Gasteiger partial charge in [-0.1, -0.05) is 11.2 Å². The molecule has 11 heteroatoms. The van der Waals surface area contributed by atoms with E-state index in [1.165, 1.54) is 10.6 Å². The molecule has 1 fully saturated rings. The molecule has 0 bridgehead atoms. The minimum Gasteiger partial charge on any atom is -0.454 e. The van der Waals surface area contributed by atoms with Gasteiger partial charge < -0.3 is 19.3 Å². The van der Waals surface area contributed by atoms with Crippen molar-refractivity contribution in [2.45, 2.75) is 18.8 Å². The van der Waals surface area contributed by atoms with Gasteiger partial charge in [0.25, 0.3) is 11.8 Å². The summed E-state index contributed by atoms with van der Waals surface area (Å²) in [5, 5.41) is 6.97. The Morgan fingerprint density at radius 1 is 1.09 bits per heavy atom. The Labute approximate surface area is 190 Å². The van der Waals surface area contributed by atoms with Gasteiger partial charge in [-0.2, -0.15) is 4.98 Å². The van der Waals surface area contributed by atoms with Crippen LogP contribution in [-0.2, 0) is 10.0 Å². The summed E-state index contributed by atoms with van der Waals surface area (Å²) in [4.78, 5) is 17.2. The molecule has 2 aliphatic heterocycles. The molecular formula is C22H22N4O6S. The molecule has 1 saturated heterocycles. The Morgan fingerprint density at radius 2 is 1.88 bits per heavy atom. The van der Waals surface area contributed by atoms with Crippen molar-refractivity contribution < 1.29 is 27.2 Å². The van der Waals surface area contributed by atoms with Crippen molar-refractivity contribution in [3.05, 3.63) is 53.9 Å². The Morgan fingerprint density at radius 3 is 2.67 bits per heavy atom. The Balaban J connectivity index is 1.27. The van der Waals surface area contributed by atoms with Gasteiger partial charge in [0, 0.05) is 35.8 Å². The summed E-state index contributed by atoms with van der Waals surface area (Å²) in [6.45, 7) is 1.02. The molecule has 5 rings (SSSR count). The first-order valence-electron chi connectivity index (χ1n) is 10.5. The quantitative estimate of drug-likeness (QED) is 0.604. The first kappa shape index (κ1) is 21.4. The second-order valence-electron chi connectivity index (χ2n) is 8.00. The van der Waals surface area contributed by atoms with Crippen molar-refractivity contribution in [3.63, 3.8) is 0 Å². The first-order valence-corrected chi connectivity index (χ1v) is 12.3. The summed E-state index contributed by atoms with van der Waals surface area (Å²) in [7, 11) is -3.19. The maximum absolute atomic E-state index is 12.7. The third-order valence-corrected chi connectivity index (χ3v) is 7.04. The lowest BCUT2D eigenvalue weighted by atomic mass is 9.97. The second kappa shape index (κ2) is 8.49. The molecule has 1 amide bonds. The number of piperidine rings is 1. The average Bonchev–Trinajstić information content (AvgIpc) is 3.48. The van der Waals surface area contributed by atoms with Gasteiger partial charge in [-0.25, -0.2) is 12.7 Å². The predicted octanol–water partition coefficient (Wildman–Crippen LogP) is 2.86. The zero-order valence-electron chi connectivity index (χ0n) is 17.9. The summed E-state index contributed by atoms with van der Waals surface area (Å²) < 4.78 is 40.9. The number of anilines is 1. The number of hydrogen-bond acceptors (Lipinski definition) is 8. The van der Waals surface area contributed by atoms with E-state index in [0.717, 1.165) is 0 Å². The number of ether oxygens (including phenoxy) is 2. The molecule has 3 heterocycles. The molecule has 0 saturated carbocycles. The van der Waals surface area contributed by atoms with Gasteiger partial charge in [0.15, 0.2) is 17.3 Å². The van der Waals surface area contributed by atoms with Crippen molar-refractivity contribution in [2.75, 3.05) is 31.5 Å². The van der Waals surface area contributed by atoms with Gasteiger partial charge in [-0.3, -0.25) is 4.79 Å². The number of amides is 1. The number of carbonyl (C=O) groups is 1. The first-order chi connectivity index (χ1) is 15.9. The van der Waals surface area contributed by atoms with Crippen LogP contribution in [0.25, 0.3) is 11.5 Å². The van der Waals surface area contributed by atoms with E-state index in [0.29, 0.717) is 66.0 Å². The Kier molecular flexibility index (Phi) is 5.51. The Hall–Kier alpha value is -3.44.